The van der Waals surface area contributed by atoms with E-state index < -0.39 is 4.92 Å². The summed E-state index contributed by atoms with van der Waals surface area (Å²) >= 11 is 0. The first kappa shape index (κ1) is 15.5. The van der Waals surface area contributed by atoms with Crippen LogP contribution in [0.4, 0.5) is 11.4 Å². The summed E-state index contributed by atoms with van der Waals surface area (Å²) in [6.07, 6.45) is 2.60. The number of amides is 1. The summed E-state index contributed by atoms with van der Waals surface area (Å²) in [4.78, 5) is 22.0. The van der Waals surface area contributed by atoms with E-state index in [9.17, 15) is 14.9 Å². The van der Waals surface area contributed by atoms with Gasteiger partial charge in [0, 0.05) is 13.0 Å². The molecule has 0 bridgehead atoms. The maximum atomic E-state index is 11.9. The van der Waals surface area contributed by atoms with Gasteiger partial charge in [0.15, 0.2) is 0 Å². The van der Waals surface area contributed by atoms with Crippen LogP contribution in [0.15, 0.2) is 36.7 Å². The normalized spacial score (nSPS) is 10.2. The van der Waals surface area contributed by atoms with Crippen LogP contribution in [0.2, 0.25) is 0 Å². The van der Waals surface area contributed by atoms with Gasteiger partial charge in [-0.05, 0) is 19.1 Å². The molecular formula is C14H16N4O4. The minimum Gasteiger partial charge on any atom is -0.492 e. The molecule has 116 valence electrons. The molecule has 1 N–H and O–H groups in total. The number of nitro groups is 1. The fourth-order valence-corrected chi connectivity index (χ4v) is 1.85. The largest absolute Gasteiger partial charge is 0.492 e. The summed E-state index contributed by atoms with van der Waals surface area (Å²) in [6, 6.07) is 7.15. The van der Waals surface area contributed by atoms with Gasteiger partial charge < -0.3 is 10.1 Å². The predicted octanol–water partition coefficient (Wildman–Crippen LogP) is 2.22. The van der Waals surface area contributed by atoms with Crippen LogP contribution in [0, 0.1) is 10.1 Å². The van der Waals surface area contributed by atoms with Crippen LogP contribution >= 0.6 is 0 Å². The predicted molar refractivity (Wildman–Crippen MR) is 79.7 cm³/mol. The van der Waals surface area contributed by atoms with Crippen molar-refractivity contribution in [3.8, 4) is 5.75 Å². The molecule has 1 aromatic heterocycles. The molecule has 22 heavy (non-hydrogen) atoms. The zero-order chi connectivity index (χ0) is 15.9. The van der Waals surface area contributed by atoms with Gasteiger partial charge in [0.1, 0.15) is 18.1 Å². The van der Waals surface area contributed by atoms with E-state index in [2.05, 4.69) is 10.4 Å². The lowest BCUT2D eigenvalue weighted by atomic mass is 10.2. The summed E-state index contributed by atoms with van der Waals surface area (Å²) in [5.41, 5.74) is 0.503. The third-order valence-corrected chi connectivity index (χ3v) is 2.86. The maximum Gasteiger partial charge on any atom is 0.306 e. The number of para-hydroxylation sites is 2. The number of benzene rings is 1. The average Bonchev–Trinajstić information content (AvgIpc) is 2.97. The topological polar surface area (TPSA) is 99.3 Å². The van der Waals surface area contributed by atoms with Crippen LogP contribution < -0.4 is 10.1 Å². The lowest BCUT2D eigenvalue weighted by molar-refractivity contribution is -0.385. The van der Waals surface area contributed by atoms with E-state index in [1.165, 1.54) is 10.9 Å². The number of carbonyl (C=O) groups is 1. The van der Waals surface area contributed by atoms with Crippen molar-refractivity contribution < 1.29 is 14.5 Å². The van der Waals surface area contributed by atoms with E-state index in [0.717, 1.165) is 6.20 Å². The van der Waals surface area contributed by atoms with Gasteiger partial charge in [0.2, 0.25) is 5.91 Å². The molecule has 1 aromatic carbocycles. The standard InChI is InChI=1S/C14H16N4O4/c1-2-22-13-6-4-3-5-12(13)16-14(19)7-8-17-10-11(9-15-17)18(20)21/h3-6,9-10H,2,7-8H2,1H3,(H,16,19). The number of nitrogens with one attached hydrogen (secondary N) is 1. The Labute approximate surface area is 126 Å². The van der Waals surface area contributed by atoms with Gasteiger partial charge in [-0.2, -0.15) is 5.10 Å². The monoisotopic (exact) mass is 304 g/mol. The number of rotatable bonds is 7. The van der Waals surface area contributed by atoms with Crippen molar-refractivity contribution in [3.63, 3.8) is 0 Å². The first-order chi connectivity index (χ1) is 10.6. The highest BCUT2D eigenvalue weighted by Crippen LogP contribution is 2.23. The van der Waals surface area contributed by atoms with E-state index in [1.54, 1.807) is 18.2 Å². The molecule has 2 aromatic rings. The van der Waals surface area contributed by atoms with Crippen molar-refractivity contribution in [2.45, 2.75) is 19.9 Å². The number of hydrogen-bond acceptors (Lipinski definition) is 5. The lowest BCUT2D eigenvalue weighted by Gasteiger charge is -2.11. The Kier molecular flexibility index (Phi) is 5.07. The highest BCUT2D eigenvalue weighted by Gasteiger charge is 2.11. The van der Waals surface area contributed by atoms with Crippen molar-refractivity contribution in [1.82, 2.24) is 9.78 Å². The Morgan fingerprint density at radius 2 is 2.23 bits per heavy atom. The highest BCUT2D eigenvalue weighted by atomic mass is 16.6. The van der Waals surface area contributed by atoms with Crippen LogP contribution in [0.25, 0.3) is 0 Å². The van der Waals surface area contributed by atoms with Gasteiger partial charge in [-0.1, -0.05) is 12.1 Å². The van der Waals surface area contributed by atoms with Gasteiger partial charge in [0.25, 0.3) is 0 Å². The van der Waals surface area contributed by atoms with Crippen LogP contribution in [0.3, 0.4) is 0 Å². The van der Waals surface area contributed by atoms with Crippen molar-refractivity contribution in [1.29, 1.82) is 0 Å². The minimum atomic E-state index is -0.526. The SMILES string of the molecule is CCOc1ccccc1NC(=O)CCn1cc([N+](=O)[O-])cn1. The molecule has 0 aliphatic carbocycles. The van der Waals surface area contributed by atoms with Gasteiger partial charge in [-0.15, -0.1) is 0 Å². The van der Waals surface area contributed by atoms with Crippen molar-refractivity contribution in [2.75, 3.05) is 11.9 Å². The number of anilines is 1. The lowest BCUT2D eigenvalue weighted by Crippen LogP contribution is -2.15. The molecule has 0 fully saturated rings. The molecule has 0 atom stereocenters. The number of hydrogen-bond donors (Lipinski definition) is 1. The molecule has 1 amide bonds. The highest BCUT2D eigenvalue weighted by molar-refractivity contribution is 5.92. The van der Waals surface area contributed by atoms with Crippen LogP contribution in [-0.4, -0.2) is 27.2 Å². The van der Waals surface area contributed by atoms with Crippen molar-refractivity contribution in [3.05, 3.63) is 46.8 Å². The molecule has 0 saturated carbocycles. The molecule has 2 rings (SSSR count). The fraction of sp³-hybridized carbons (Fsp3) is 0.286. The molecule has 8 heteroatoms. The summed E-state index contributed by atoms with van der Waals surface area (Å²) in [5, 5.41) is 17.1. The summed E-state index contributed by atoms with van der Waals surface area (Å²) < 4.78 is 6.79. The van der Waals surface area contributed by atoms with Gasteiger partial charge >= 0.3 is 5.69 Å². The first-order valence-electron chi connectivity index (χ1n) is 6.78. The molecule has 8 nitrogen and oxygen atoms in total. The molecule has 0 aliphatic heterocycles. The van der Waals surface area contributed by atoms with E-state index in [1.807, 2.05) is 13.0 Å². The molecule has 0 spiro atoms. The van der Waals surface area contributed by atoms with Crippen LogP contribution in [0.1, 0.15) is 13.3 Å². The third-order valence-electron chi connectivity index (χ3n) is 2.86. The Hall–Kier alpha value is -2.90. The number of aryl methyl sites for hydroxylation is 1. The van der Waals surface area contributed by atoms with E-state index >= 15 is 0 Å². The third kappa shape index (κ3) is 4.05. The second-order valence-corrected chi connectivity index (χ2v) is 4.45. The molecular weight excluding hydrogens is 288 g/mol. The van der Waals surface area contributed by atoms with E-state index in [0.29, 0.717) is 18.0 Å². The molecule has 0 aliphatic rings. The second kappa shape index (κ2) is 7.21. The minimum absolute atomic E-state index is 0.0953. The quantitative estimate of drug-likeness (QED) is 0.624. The Bertz CT molecular complexity index is 668. The van der Waals surface area contributed by atoms with Crippen molar-refractivity contribution in [2.24, 2.45) is 0 Å². The van der Waals surface area contributed by atoms with E-state index in [-0.39, 0.29) is 24.6 Å². The molecule has 0 unspecified atom stereocenters. The summed E-state index contributed by atoms with van der Waals surface area (Å²) in [7, 11) is 0. The zero-order valence-electron chi connectivity index (χ0n) is 12.1. The number of nitrogens with zero attached hydrogens (tertiary/aromatic N) is 3. The maximum absolute atomic E-state index is 11.9. The number of aromatic nitrogens is 2. The van der Waals surface area contributed by atoms with Gasteiger partial charge in [0.05, 0.1) is 17.2 Å². The zero-order valence-corrected chi connectivity index (χ0v) is 12.1. The smallest absolute Gasteiger partial charge is 0.306 e. The van der Waals surface area contributed by atoms with Crippen LogP contribution in [0.5, 0.6) is 5.75 Å². The molecule has 1 heterocycles. The average molecular weight is 304 g/mol. The summed E-state index contributed by atoms with van der Waals surface area (Å²) in [5.74, 6) is 0.387. The van der Waals surface area contributed by atoms with E-state index in [4.69, 9.17) is 4.74 Å². The second-order valence-electron chi connectivity index (χ2n) is 4.45. The first-order valence-corrected chi connectivity index (χ1v) is 6.78. The summed E-state index contributed by atoms with van der Waals surface area (Å²) in [6.45, 7) is 2.63. The fourth-order valence-electron chi connectivity index (χ4n) is 1.85. The molecule has 0 radical (unpaired) electrons. The number of ether oxygens (including phenoxy) is 1. The van der Waals surface area contributed by atoms with Gasteiger partial charge in [-0.3, -0.25) is 19.6 Å². The number of carbonyl (C=O) groups excluding carboxylic acids is 1. The Morgan fingerprint density at radius 1 is 1.45 bits per heavy atom. The van der Waals surface area contributed by atoms with Gasteiger partial charge in [-0.25, -0.2) is 0 Å². The Morgan fingerprint density at radius 3 is 2.91 bits per heavy atom. The Balaban J connectivity index is 1.91. The van der Waals surface area contributed by atoms with Crippen molar-refractivity contribution >= 4 is 17.3 Å². The molecule has 0 saturated heterocycles. The van der Waals surface area contributed by atoms with Crippen LogP contribution in [-0.2, 0) is 11.3 Å².